The largest absolute Gasteiger partial charge is 0.326 e. The van der Waals surface area contributed by atoms with Crippen LogP contribution in [0.1, 0.15) is 17.4 Å². The van der Waals surface area contributed by atoms with Crippen LogP contribution in [-0.4, -0.2) is 31.5 Å². The molecule has 0 unspecified atom stereocenters. The van der Waals surface area contributed by atoms with E-state index in [1.54, 1.807) is 18.2 Å². The Morgan fingerprint density at radius 3 is 2.76 bits per heavy atom. The van der Waals surface area contributed by atoms with Gasteiger partial charge in [0.1, 0.15) is 6.20 Å². The molecular formula is C14H12N6O4S. The predicted octanol–water partition coefficient (Wildman–Crippen LogP) is 2.15. The molecule has 1 aromatic carbocycles. The number of carbonyl (C=O) groups excluding carboxylic acids is 2. The molecule has 3 aromatic rings. The van der Waals surface area contributed by atoms with Crippen molar-refractivity contribution in [3.8, 4) is 0 Å². The van der Waals surface area contributed by atoms with Gasteiger partial charge in [-0.25, -0.2) is 4.98 Å². The smallest absolute Gasteiger partial charge is 0.320 e. The van der Waals surface area contributed by atoms with E-state index in [-0.39, 0.29) is 22.4 Å². The summed E-state index contributed by atoms with van der Waals surface area (Å²) in [6.07, 6.45) is 1.02. The minimum atomic E-state index is -0.673. The molecule has 2 heterocycles. The summed E-state index contributed by atoms with van der Waals surface area (Å²) in [5.41, 5.74) is 0.704. The molecule has 25 heavy (non-hydrogen) atoms. The van der Waals surface area contributed by atoms with Crippen LogP contribution in [0.2, 0.25) is 0 Å². The van der Waals surface area contributed by atoms with Gasteiger partial charge in [0.25, 0.3) is 5.91 Å². The molecule has 0 radical (unpaired) electrons. The Hall–Kier alpha value is -3.34. The molecule has 128 valence electrons. The van der Waals surface area contributed by atoms with Crippen LogP contribution >= 0.6 is 11.3 Å². The lowest BCUT2D eigenvalue weighted by molar-refractivity contribution is -0.385. The van der Waals surface area contributed by atoms with E-state index in [0.29, 0.717) is 11.2 Å². The lowest BCUT2D eigenvalue weighted by Gasteiger charge is -2.01. The van der Waals surface area contributed by atoms with Crippen LogP contribution in [0.3, 0.4) is 0 Å². The van der Waals surface area contributed by atoms with E-state index in [0.717, 1.165) is 15.6 Å². The van der Waals surface area contributed by atoms with Crippen molar-refractivity contribution in [1.82, 2.24) is 14.8 Å². The molecule has 0 saturated carbocycles. The fraction of sp³-hybridized carbons (Fsp3) is 0.143. The van der Waals surface area contributed by atoms with Crippen molar-refractivity contribution in [1.29, 1.82) is 0 Å². The van der Waals surface area contributed by atoms with Crippen molar-refractivity contribution >= 4 is 49.9 Å². The molecule has 0 aliphatic carbocycles. The maximum absolute atomic E-state index is 12.3. The van der Waals surface area contributed by atoms with Crippen LogP contribution in [0, 0.1) is 10.1 Å². The Morgan fingerprint density at radius 2 is 2.08 bits per heavy atom. The number of aromatic nitrogens is 3. The van der Waals surface area contributed by atoms with E-state index < -0.39 is 10.8 Å². The highest BCUT2D eigenvalue weighted by Crippen LogP contribution is 2.29. The van der Waals surface area contributed by atoms with Gasteiger partial charge in [-0.3, -0.25) is 29.7 Å². The van der Waals surface area contributed by atoms with Gasteiger partial charge in [0.2, 0.25) is 11.6 Å². The van der Waals surface area contributed by atoms with E-state index in [4.69, 9.17) is 0 Å². The van der Waals surface area contributed by atoms with Crippen molar-refractivity contribution in [2.24, 2.45) is 7.05 Å². The average Bonchev–Trinajstić information content (AvgIpc) is 3.08. The van der Waals surface area contributed by atoms with Gasteiger partial charge in [0, 0.05) is 19.7 Å². The Bertz CT molecular complexity index is 1010. The quantitative estimate of drug-likeness (QED) is 0.541. The number of rotatable bonds is 4. The molecular weight excluding hydrogens is 348 g/mol. The van der Waals surface area contributed by atoms with Crippen LogP contribution in [-0.2, 0) is 11.8 Å². The fourth-order valence-electron chi connectivity index (χ4n) is 2.24. The third kappa shape index (κ3) is 3.30. The van der Waals surface area contributed by atoms with Gasteiger partial charge < -0.3 is 5.32 Å². The summed E-state index contributed by atoms with van der Waals surface area (Å²) in [6, 6.07) is 5.14. The second kappa shape index (κ2) is 6.28. The number of thiazole rings is 1. The summed E-state index contributed by atoms with van der Waals surface area (Å²) in [5.74, 6) is -0.867. The van der Waals surface area contributed by atoms with E-state index in [9.17, 15) is 19.7 Å². The van der Waals surface area contributed by atoms with Crippen LogP contribution in [0.5, 0.6) is 0 Å². The number of anilines is 2. The minimum absolute atomic E-state index is 0.164. The molecule has 2 N–H and O–H groups in total. The number of benzene rings is 1. The standard InChI is InChI=1S/C14H12N6O4S/c1-7(21)16-8-3-4-9-11(5-8)25-14(17-9)18-13(22)12-10(20(23)24)6-15-19(12)2/h3-6H,1-2H3,(H,16,21)(H,17,18,22). The molecule has 0 fully saturated rings. The first-order valence-electron chi connectivity index (χ1n) is 7.01. The lowest BCUT2D eigenvalue weighted by atomic mass is 10.3. The zero-order chi connectivity index (χ0) is 18.1. The average molecular weight is 360 g/mol. The summed E-state index contributed by atoms with van der Waals surface area (Å²) >= 11 is 1.19. The zero-order valence-corrected chi connectivity index (χ0v) is 14.0. The topological polar surface area (TPSA) is 132 Å². The molecule has 0 saturated heterocycles. The molecule has 2 amide bonds. The van der Waals surface area contributed by atoms with Gasteiger partial charge in [-0.15, -0.1) is 0 Å². The van der Waals surface area contributed by atoms with Crippen LogP contribution in [0.4, 0.5) is 16.5 Å². The highest BCUT2D eigenvalue weighted by Gasteiger charge is 2.26. The second-order valence-electron chi connectivity index (χ2n) is 5.10. The van der Waals surface area contributed by atoms with E-state index in [1.807, 2.05) is 0 Å². The van der Waals surface area contributed by atoms with Crippen molar-refractivity contribution in [2.45, 2.75) is 6.92 Å². The number of amides is 2. The number of nitro groups is 1. The normalized spacial score (nSPS) is 10.6. The van der Waals surface area contributed by atoms with Gasteiger partial charge in [-0.05, 0) is 18.2 Å². The highest BCUT2D eigenvalue weighted by atomic mass is 32.1. The number of nitrogens with zero attached hydrogens (tertiary/aromatic N) is 4. The Morgan fingerprint density at radius 1 is 1.32 bits per heavy atom. The van der Waals surface area contributed by atoms with Crippen molar-refractivity contribution < 1.29 is 14.5 Å². The summed E-state index contributed by atoms with van der Waals surface area (Å²) in [5, 5.41) is 20.2. The van der Waals surface area contributed by atoms with E-state index in [1.165, 1.54) is 25.3 Å². The second-order valence-corrected chi connectivity index (χ2v) is 6.13. The number of fused-ring (bicyclic) bond motifs is 1. The van der Waals surface area contributed by atoms with E-state index in [2.05, 4.69) is 20.7 Å². The first-order valence-corrected chi connectivity index (χ1v) is 7.82. The van der Waals surface area contributed by atoms with Crippen LogP contribution in [0.15, 0.2) is 24.4 Å². The Kier molecular flexibility index (Phi) is 4.15. The number of hydrogen-bond acceptors (Lipinski definition) is 7. The van der Waals surface area contributed by atoms with Crippen LogP contribution < -0.4 is 10.6 Å². The van der Waals surface area contributed by atoms with Crippen molar-refractivity contribution in [2.75, 3.05) is 10.6 Å². The maximum atomic E-state index is 12.3. The van der Waals surface area contributed by atoms with Crippen LogP contribution in [0.25, 0.3) is 10.2 Å². The van der Waals surface area contributed by atoms with Gasteiger partial charge >= 0.3 is 5.69 Å². The van der Waals surface area contributed by atoms with Gasteiger partial charge in [0.15, 0.2) is 5.13 Å². The molecule has 10 nitrogen and oxygen atoms in total. The van der Waals surface area contributed by atoms with Gasteiger partial charge in [0.05, 0.1) is 15.1 Å². The summed E-state index contributed by atoms with van der Waals surface area (Å²) in [7, 11) is 1.44. The number of hydrogen-bond donors (Lipinski definition) is 2. The van der Waals surface area contributed by atoms with Crippen molar-refractivity contribution in [3.63, 3.8) is 0 Å². The predicted molar refractivity (Wildman–Crippen MR) is 91.7 cm³/mol. The molecule has 3 rings (SSSR count). The molecule has 0 spiro atoms. The van der Waals surface area contributed by atoms with Crippen molar-refractivity contribution in [3.05, 3.63) is 40.2 Å². The molecule has 0 bridgehead atoms. The zero-order valence-electron chi connectivity index (χ0n) is 13.1. The maximum Gasteiger partial charge on any atom is 0.320 e. The lowest BCUT2D eigenvalue weighted by Crippen LogP contribution is -2.17. The Balaban J connectivity index is 1.88. The highest BCUT2D eigenvalue weighted by molar-refractivity contribution is 7.22. The minimum Gasteiger partial charge on any atom is -0.326 e. The third-order valence-electron chi connectivity index (χ3n) is 3.26. The monoisotopic (exact) mass is 360 g/mol. The van der Waals surface area contributed by atoms with Gasteiger partial charge in [-0.1, -0.05) is 11.3 Å². The summed E-state index contributed by atoms with van der Waals surface area (Å²) in [4.78, 5) is 38.0. The molecule has 11 heteroatoms. The van der Waals surface area contributed by atoms with Gasteiger partial charge in [-0.2, -0.15) is 5.10 Å². The SMILES string of the molecule is CC(=O)Nc1ccc2nc(NC(=O)c3c([N+](=O)[O-])cnn3C)sc2c1. The fourth-order valence-corrected chi connectivity index (χ4v) is 3.14. The molecule has 0 aliphatic rings. The molecule has 0 aliphatic heterocycles. The summed E-state index contributed by atoms with van der Waals surface area (Å²) < 4.78 is 1.89. The van der Waals surface area contributed by atoms with E-state index >= 15 is 0 Å². The first-order chi connectivity index (χ1) is 11.8. The summed E-state index contributed by atoms with van der Waals surface area (Å²) in [6.45, 7) is 1.41. The number of nitrogens with one attached hydrogen (secondary N) is 2. The Labute approximate surface area is 144 Å². The first kappa shape index (κ1) is 16.5. The number of carbonyl (C=O) groups is 2. The molecule has 0 atom stereocenters. The third-order valence-corrected chi connectivity index (χ3v) is 4.19. The number of aryl methyl sites for hydroxylation is 1. The molecule has 2 aromatic heterocycles.